The Kier molecular flexibility index (Phi) is 3.70. The number of ether oxygens (including phenoxy) is 1. The van der Waals surface area contributed by atoms with Crippen LogP contribution in [0.3, 0.4) is 0 Å². The zero-order chi connectivity index (χ0) is 15.0. The lowest BCUT2D eigenvalue weighted by Gasteiger charge is -2.27. The Labute approximate surface area is 124 Å². The normalized spacial score (nSPS) is 27.7. The third kappa shape index (κ3) is 2.67. The predicted molar refractivity (Wildman–Crippen MR) is 79.7 cm³/mol. The fraction of sp³-hybridized carbons (Fsp3) is 0.471. The fourth-order valence-corrected chi connectivity index (χ4v) is 3.63. The standard InChI is InChI=1S/C17H20FNO2/c1-10(14-8-11-3-4-12(14)7-11)19-16-9-13(17(20)21-2)5-6-15(16)18/h3-6,9-12,14,19H,7-8H2,1-2H3. The van der Waals surface area contributed by atoms with E-state index in [0.717, 1.165) is 6.42 Å². The maximum Gasteiger partial charge on any atom is 0.337 e. The summed E-state index contributed by atoms with van der Waals surface area (Å²) in [4.78, 5) is 11.5. The molecule has 2 aliphatic rings. The van der Waals surface area contributed by atoms with Crippen LogP contribution in [0.5, 0.6) is 0 Å². The molecule has 112 valence electrons. The molecule has 2 aliphatic carbocycles. The van der Waals surface area contributed by atoms with Crippen molar-refractivity contribution in [2.75, 3.05) is 12.4 Å². The van der Waals surface area contributed by atoms with Crippen LogP contribution in [0.25, 0.3) is 0 Å². The van der Waals surface area contributed by atoms with Crippen molar-refractivity contribution in [2.24, 2.45) is 17.8 Å². The summed E-state index contributed by atoms with van der Waals surface area (Å²) in [5.74, 6) is 1.03. The third-order valence-electron chi connectivity index (χ3n) is 4.74. The number of hydrogen-bond donors (Lipinski definition) is 1. The summed E-state index contributed by atoms with van der Waals surface area (Å²) in [7, 11) is 1.32. The molecular formula is C17H20FNO2. The monoisotopic (exact) mass is 289 g/mol. The summed E-state index contributed by atoms with van der Waals surface area (Å²) in [5, 5.41) is 3.24. The molecule has 1 fully saturated rings. The lowest BCUT2D eigenvalue weighted by Crippen LogP contribution is -2.29. The fourth-order valence-electron chi connectivity index (χ4n) is 3.63. The number of methoxy groups -OCH3 is 1. The molecule has 0 aromatic heterocycles. The molecule has 1 aromatic rings. The molecule has 3 nitrogen and oxygen atoms in total. The van der Waals surface area contributed by atoms with E-state index in [0.29, 0.717) is 29.0 Å². The first-order valence-electron chi connectivity index (χ1n) is 7.41. The summed E-state index contributed by atoms with van der Waals surface area (Å²) in [6.07, 6.45) is 6.97. The molecule has 0 saturated heterocycles. The van der Waals surface area contributed by atoms with Gasteiger partial charge in [-0.3, -0.25) is 0 Å². The number of esters is 1. The van der Waals surface area contributed by atoms with Crippen LogP contribution in [0.15, 0.2) is 30.4 Å². The molecule has 0 radical (unpaired) electrons. The smallest absolute Gasteiger partial charge is 0.337 e. The van der Waals surface area contributed by atoms with Crippen LogP contribution in [-0.4, -0.2) is 19.1 Å². The lowest BCUT2D eigenvalue weighted by atomic mass is 9.87. The minimum atomic E-state index is -0.450. The first-order valence-corrected chi connectivity index (χ1v) is 7.41. The summed E-state index contributed by atoms with van der Waals surface area (Å²) >= 11 is 0. The van der Waals surface area contributed by atoms with Gasteiger partial charge in [-0.1, -0.05) is 12.2 Å². The summed E-state index contributed by atoms with van der Waals surface area (Å²) in [5.41, 5.74) is 0.735. The predicted octanol–water partition coefficient (Wildman–Crippen LogP) is 3.62. The molecule has 0 spiro atoms. The molecular weight excluding hydrogens is 269 g/mol. The Morgan fingerprint density at radius 1 is 1.38 bits per heavy atom. The van der Waals surface area contributed by atoms with Crippen molar-refractivity contribution in [2.45, 2.75) is 25.8 Å². The van der Waals surface area contributed by atoms with E-state index in [1.807, 2.05) is 0 Å². The first kappa shape index (κ1) is 14.1. The van der Waals surface area contributed by atoms with Gasteiger partial charge in [0.15, 0.2) is 0 Å². The maximum absolute atomic E-state index is 13.9. The van der Waals surface area contributed by atoms with E-state index in [1.165, 1.54) is 31.7 Å². The van der Waals surface area contributed by atoms with Gasteiger partial charge in [0.2, 0.25) is 0 Å². The molecule has 4 unspecified atom stereocenters. The number of benzene rings is 1. The third-order valence-corrected chi connectivity index (χ3v) is 4.74. The zero-order valence-corrected chi connectivity index (χ0v) is 12.3. The van der Waals surface area contributed by atoms with E-state index in [2.05, 4.69) is 29.1 Å². The Morgan fingerprint density at radius 3 is 2.81 bits per heavy atom. The number of nitrogens with one attached hydrogen (secondary N) is 1. The summed E-state index contributed by atoms with van der Waals surface area (Å²) in [6.45, 7) is 2.09. The lowest BCUT2D eigenvalue weighted by molar-refractivity contribution is 0.0600. The first-order chi connectivity index (χ1) is 10.1. The maximum atomic E-state index is 13.9. The highest BCUT2D eigenvalue weighted by atomic mass is 19.1. The number of halogens is 1. The van der Waals surface area contributed by atoms with Crippen molar-refractivity contribution in [3.63, 3.8) is 0 Å². The summed E-state index contributed by atoms with van der Waals surface area (Å²) in [6, 6.07) is 4.45. The van der Waals surface area contributed by atoms with Gasteiger partial charge in [-0.25, -0.2) is 9.18 Å². The number of hydrogen-bond acceptors (Lipinski definition) is 3. The van der Waals surface area contributed by atoms with Gasteiger partial charge in [0.25, 0.3) is 0 Å². The van der Waals surface area contributed by atoms with Crippen LogP contribution in [0.2, 0.25) is 0 Å². The quantitative estimate of drug-likeness (QED) is 0.679. The SMILES string of the molecule is COC(=O)c1ccc(F)c(NC(C)C2CC3C=CC2C3)c1. The van der Waals surface area contributed by atoms with Crippen molar-refractivity contribution in [3.8, 4) is 0 Å². The molecule has 4 heteroatoms. The van der Waals surface area contributed by atoms with Crippen LogP contribution < -0.4 is 5.32 Å². The highest BCUT2D eigenvalue weighted by Crippen LogP contribution is 2.45. The number of anilines is 1. The van der Waals surface area contributed by atoms with E-state index in [9.17, 15) is 9.18 Å². The van der Waals surface area contributed by atoms with E-state index in [4.69, 9.17) is 0 Å². The topological polar surface area (TPSA) is 38.3 Å². The van der Waals surface area contributed by atoms with Crippen molar-refractivity contribution < 1.29 is 13.9 Å². The van der Waals surface area contributed by atoms with E-state index < -0.39 is 5.97 Å². The van der Waals surface area contributed by atoms with Crippen LogP contribution in [0, 0.1) is 23.6 Å². The molecule has 1 N–H and O–H groups in total. The minimum Gasteiger partial charge on any atom is -0.465 e. The Balaban J connectivity index is 1.75. The van der Waals surface area contributed by atoms with Crippen LogP contribution in [0.1, 0.15) is 30.1 Å². The minimum absolute atomic E-state index is 0.173. The van der Waals surface area contributed by atoms with Crippen LogP contribution in [0.4, 0.5) is 10.1 Å². The van der Waals surface area contributed by atoms with Crippen LogP contribution in [-0.2, 0) is 4.74 Å². The Morgan fingerprint density at radius 2 is 2.19 bits per heavy atom. The second-order valence-corrected chi connectivity index (χ2v) is 6.06. The largest absolute Gasteiger partial charge is 0.465 e. The molecule has 1 saturated carbocycles. The van der Waals surface area contributed by atoms with Crippen molar-refractivity contribution in [1.29, 1.82) is 0 Å². The van der Waals surface area contributed by atoms with E-state index in [1.54, 1.807) is 0 Å². The number of allylic oxidation sites excluding steroid dienone is 2. The average molecular weight is 289 g/mol. The van der Waals surface area contributed by atoms with Crippen molar-refractivity contribution >= 4 is 11.7 Å². The Bertz CT molecular complexity index is 584. The molecule has 2 bridgehead atoms. The average Bonchev–Trinajstić information content (AvgIpc) is 3.11. The van der Waals surface area contributed by atoms with E-state index in [-0.39, 0.29) is 11.9 Å². The molecule has 1 aromatic carbocycles. The molecule has 0 heterocycles. The van der Waals surface area contributed by atoms with E-state index >= 15 is 0 Å². The van der Waals surface area contributed by atoms with Gasteiger partial charge in [-0.05, 0) is 55.7 Å². The van der Waals surface area contributed by atoms with Gasteiger partial charge in [0.05, 0.1) is 18.4 Å². The molecule has 4 atom stereocenters. The van der Waals surface area contributed by atoms with Gasteiger partial charge >= 0.3 is 5.97 Å². The number of carbonyl (C=O) groups excluding carboxylic acids is 1. The second kappa shape index (κ2) is 5.51. The number of rotatable bonds is 4. The van der Waals surface area contributed by atoms with Crippen molar-refractivity contribution in [1.82, 2.24) is 0 Å². The van der Waals surface area contributed by atoms with Crippen LogP contribution >= 0.6 is 0 Å². The van der Waals surface area contributed by atoms with Gasteiger partial charge in [0.1, 0.15) is 5.82 Å². The van der Waals surface area contributed by atoms with Gasteiger partial charge in [-0.2, -0.15) is 0 Å². The zero-order valence-electron chi connectivity index (χ0n) is 12.3. The van der Waals surface area contributed by atoms with Crippen molar-refractivity contribution in [3.05, 3.63) is 41.7 Å². The number of carbonyl (C=O) groups is 1. The van der Waals surface area contributed by atoms with Gasteiger partial charge in [-0.15, -0.1) is 0 Å². The van der Waals surface area contributed by atoms with Gasteiger partial charge < -0.3 is 10.1 Å². The highest BCUT2D eigenvalue weighted by molar-refractivity contribution is 5.90. The second-order valence-electron chi connectivity index (χ2n) is 6.06. The Hall–Kier alpha value is -1.84. The van der Waals surface area contributed by atoms with Gasteiger partial charge in [0, 0.05) is 6.04 Å². The highest BCUT2D eigenvalue weighted by Gasteiger charge is 2.38. The molecule has 21 heavy (non-hydrogen) atoms. The number of fused-ring (bicyclic) bond motifs is 2. The summed E-state index contributed by atoms with van der Waals surface area (Å²) < 4.78 is 18.6. The molecule has 0 aliphatic heterocycles. The molecule has 3 rings (SSSR count). The molecule has 0 amide bonds.